The van der Waals surface area contributed by atoms with Crippen LogP contribution in [0, 0.1) is 17.8 Å². The van der Waals surface area contributed by atoms with Crippen LogP contribution in [0.1, 0.15) is 44.1 Å². The zero-order valence-electron chi connectivity index (χ0n) is 16.3. The van der Waals surface area contributed by atoms with Gasteiger partial charge >= 0.3 is 0 Å². The lowest BCUT2D eigenvalue weighted by Crippen LogP contribution is -2.61. The molecule has 0 radical (unpaired) electrons. The number of nitrogens with one attached hydrogen (secondary N) is 2. The van der Waals surface area contributed by atoms with Gasteiger partial charge in [0, 0.05) is 31.5 Å². The molecule has 4 fully saturated rings. The first kappa shape index (κ1) is 18.5. The Balaban J connectivity index is 1.25. The Bertz CT molecular complexity index is 700. The molecule has 27 heavy (non-hydrogen) atoms. The van der Waals surface area contributed by atoms with Crippen LogP contribution in [0.25, 0.3) is 6.08 Å². The second-order valence-corrected chi connectivity index (χ2v) is 9.30. The lowest BCUT2D eigenvalue weighted by molar-refractivity contribution is -0.0101. The van der Waals surface area contributed by atoms with Crippen LogP contribution in [0.2, 0.25) is 0 Å². The van der Waals surface area contributed by atoms with Gasteiger partial charge in [0.1, 0.15) is 0 Å². The summed E-state index contributed by atoms with van der Waals surface area (Å²) in [6.45, 7) is 0. The van der Waals surface area contributed by atoms with Gasteiger partial charge in [-0.15, -0.1) is 0 Å². The molecule has 5 rings (SSSR count). The van der Waals surface area contributed by atoms with E-state index in [1.54, 1.807) is 6.21 Å². The van der Waals surface area contributed by atoms with Crippen molar-refractivity contribution in [2.45, 2.75) is 44.1 Å². The van der Waals surface area contributed by atoms with Crippen LogP contribution in [0.3, 0.4) is 0 Å². The summed E-state index contributed by atoms with van der Waals surface area (Å²) in [5, 5.41) is 8.55. The van der Waals surface area contributed by atoms with E-state index < -0.39 is 0 Å². The number of thiocarbonyl (C=S) groups is 1. The lowest BCUT2D eigenvalue weighted by Gasteiger charge is -2.57. The van der Waals surface area contributed by atoms with Gasteiger partial charge in [-0.2, -0.15) is 5.10 Å². The first-order valence-corrected chi connectivity index (χ1v) is 10.5. The van der Waals surface area contributed by atoms with Gasteiger partial charge in [-0.3, -0.25) is 5.43 Å². The molecule has 4 nitrogen and oxygen atoms in total. The van der Waals surface area contributed by atoms with Crippen LogP contribution in [0.4, 0.5) is 5.69 Å². The SMILES string of the molecule is CN(C)c1ccc(C=CC=NNC(=S)NC23CC4CC(CC(C4)C2)C3)cc1. The second-order valence-electron chi connectivity index (χ2n) is 8.89. The number of benzene rings is 1. The number of rotatable bonds is 5. The van der Waals surface area contributed by atoms with Gasteiger partial charge in [0.15, 0.2) is 5.11 Å². The molecule has 0 aromatic heterocycles. The maximum Gasteiger partial charge on any atom is 0.187 e. The predicted octanol–water partition coefficient (Wildman–Crippen LogP) is 4.18. The molecule has 4 saturated carbocycles. The Morgan fingerprint density at radius 1 is 1.07 bits per heavy atom. The summed E-state index contributed by atoms with van der Waals surface area (Å²) >= 11 is 5.51. The minimum absolute atomic E-state index is 0.235. The average molecular weight is 383 g/mol. The number of anilines is 1. The summed E-state index contributed by atoms with van der Waals surface area (Å²) < 4.78 is 0. The molecule has 1 aromatic carbocycles. The molecule has 0 heterocycles. The fourth-order valence-electron chi connectivity index (χ4n) is 5.71. The van der Waals surface area contributed by atoms with Crippen molar-refractivity contribution in [1.82, 2.24) is 10.7 Å². The predicted molar refractivity (Wildman–Crippen MR) is 118 cm³/mol. The van der Waals surface area contributed by atoms with E-state index in [0.717, 1.165) is 23.3 Å². The highest BCUT2D eigenvalue weighted by Crippen LogP contribution is 2.55. The van der Waals surface area contributed by atoms with Gasteiger partial charge in [-0.05, 0) is 92.3 Å². The van der Waals surface area contributed by atoms with E-state index in [0.29, 0.717) is 5.11 Å². The molecule has 2 N–H and O–H groups in total. The molecule has 0 aliphatic heterocycles. The van der Waals surface area contributed by atoms with Crippen molar-refractivity contribution < 1.29 is 0 Å². The molecule has 0 saturated heterocycles. The van der Waals surface area contributed by atoms with Crippen LogP contribution in [0.5, 0.6) is 0 Å². The summed E-state index contributed by atoms with van der Waals surface area (Å²) in [6, 6.07) is 8.43. The van der Waals surface area contributed by atoms with Crippen molar-refractivity contribution in [2.75, 3.05) is 19.0 Å². The smallest absolute Gasteiger partial charge is 0.187 e. The summed E-state index contributed by atoms with van der Waals surface area (Å²) in [5.41, 5.74) is 5.59. The van der Waals surface area contributed by atoms with Crippen molar-refractivity contribution in [2.24, 2.45) is 22.9 Å². The molecule has 4 bridgehead atoms. The summed E-state index contributed by atoms with van der Waals surface area (Å²) in [4.78, 5) is 2.09. The van der Waals surface area contributed by atoms with Gasteiger partial charge in [0.05, 0.1) is 0 Å². The topological polar surface area (TPSA) is 39.7 Å². The van der Waals surface area contributed by atoms with Crippen LogP contribution in [-0.4, -0.2) is 31.0 Å². The Labute approximate surface area is 168 Å². The molecule has 1 aromatic rings. The molecule has 0 unspecified atom stereocenters. The fraction of sp³-hybridized carbons (Fsp3) is 0.545. The Morgan fingerprint density at radius 2 is 1.67 bits per heavy atom. The molecule has 0 atom stereocenters. The van der Waals surface area contributed by atoms with Gasteiger partial charge in [0.2, 0.25) is 0 Å². The van der Waals surface area contributed by atoms with E-state index in [9.17, 15) is 0 Å². The Morgan fingerprint density at radius 3 is 2.22 bits per heavy atom. The van der Waals surface area contributed by atoms with Crippen molar-refractivity contribution >= 4 is 35.3 Å². The third-order valence-corrected chi connectivity index (χ3v) is 6.64. The highest BCUT2D eigenvalue weighted by Gasteiger charge is 2.51. The first-order valence-electron chi connectivity index (χ1n) is 10.1. The number of hydrogen-bond donors (Lipinski definition) is 2. The summed E-state index contributed by atoms with van der Waals surface area (Å²) in [6.07, 6.45) is 13.9. The van der Waals surface area contributed by atoms with Crippen LogP contribution in [0.15, 0.2) is 35.4 Å². The van der Waals surface area contributed by atoms with E-state index in [4.69, 9.17) is 12.2 Å². The summed E-state index contributed by atoms with van der Waals surface area (Å²) in [7, 11) is 4.09. The first-order chi connectivity index (χ1) is 13.0. The number of hydrogen-bond acceptors (Lipinski definition) is 3. The number of allylic oxidation sites excluding steroid dienone is 1. The fourth-order valence-corrected chi connectivity index (χ4v) is 5.98. The molecule has 5 heteroatoms. The van der Waals surface area contributed by atoms with E-state index >= 15 is 0 Å². The monoisotopic (exact) mass is 382 g/mol. The van der Waals surface area contributed by atoms with Crippen LogP contribution < -0.4 is 15.6 Å². The number of hydrazone groups is 1. The molecular formula is C22H30N4S. The molecule has 144 valence electrons. The van der Waals surface area contributed by atoms with E-state index in [1.807, 2.05) is 26.2 Å². The van der Waals surface area contributed by atoms with E-state index in [1.165, 1.54) is 44.2 Å². The maximum absolute atomic E-state index is 5.51. The van der Waals surface area contributed by atoms with Gasteiger partial charge < -0.3 is 10.2 Å². The van der Waals surface area contributed by atoms with Crippen molar-refractivity contribution in [3.63, 3.8) is 0 Å². The maximum atomic E-state index is 5.51. The number of nitrogens with zero attached hydrogens (tertiary/aromatic N) is 2. The third-order valence-electron chi connectivity index (χ3n) is 6.44. The van der Waals surface area contributed by atoms with Crippen molar-refractivity contribution in [3.8, 4) is 0 Å². The van der Waals surface area contributed by atoms with E-state index in [2.05, 4.69) is 45.0 Å². The van der Waals surface area contributed by atoms with Gasteiger partial charge in [0.25, 0.3) is 0 Å². The van der Waals surface area contributed by atoms with Gasteiger partial charge in [-0.1, -0.05) is 18.2 Å². The molecule has 4 aliphatic carbocycles. The summed E-state index contributed by atoms with van der Waals surface area (Å²) in [5.74, 6) is 2.74. The highest BCUT2D eigenvalue weighted by molar-refractivity contribution is 7.80. The largest absolute Gasteiger partial charge is 0.378 e. The van der Waals surface area contributed by atoms with E-state index in [-0.39, 0.29) is 5.54 Å². The molecule has 0 spiro atoms. The third kappa shape index (κ3) is 4.34. The van der Waals surface area contributed by atoms with Crippen molar-refractivity contribution in [1.29, 1.82) is 0 Å². The molecular weight excluding hydrogens is 352 g/mol. The zero-order chi connectivity index (χ0) is 18.9. The minimum atomic E-state index is 0.235. The average Bonchev–Trinajstić information content (AvgIpc) is 2.60. The second kappa shape index (κ2) is 7.63. The Kier molecular flexibility index (Phi) is 5.22. The standard InChI is InChI=1S/C22H30N4S/c1-26(2)20-7-5-16(6-8-20)4-3-9-23-25-21(27)24-22-13-17-10-18(14-22)12-19(11-17)15-22/h3-9,17-19H,10-15H2,1-2H3,(H2,24,25,27). The Hall–Kier alpha value is -1.88. The zero-order valence-corrected chi connectivity index (χ0v) is 17.1. The molecule has 4 aliphatic rings. The van der Waals surface area contributed by atoms with Crippen LogP contribution >= 0.6 is 12.2 Å². The lowest BCUT2D eigenvalue weighted by atomic mass is 9.53. The molecule has 0 amide bonds. The quantitative estimate of drug-likeness (QED) is 0.455. The van der Waals surface area contributed by atoms with Gasteiger partial charge in [-0.25, -0.2) is 0 Å². The van der Waals surface area contributed by atoms with Crippen LogP contribution in [-0.2, 0) is 0 Å². The minimum Gasteiger partial charge on any atom is -0.378 e. The normalized spacial score (nSPS) is 31.6. The van der Waals surface area contributed by atoms with Crippen molar-refractivity contribution in [3.05, 3.63) is 35.9 Å². The highest BCUT2D eigenvalue weighted by atomic mass is 32.1.